The minimum atomic E-state index is -3.72. The van der Waals surface area contributed by atoms with Gasteiger partial charge in [0.2, 0.25) is 0 Å². The number of sulfonamides is 1. The highest BCUT2D eigenvalue weighted by atomic mass is 32.2. The van der Waals surface area contributed by atoms with E-state index in [4.69, 9.17) is 0 Å². The molecule has 0 amide bonds. The van der Waals surface area contributed by atoms with Crippen LogP contribution in [0.25, 0.3) is 10.2 Å². The molecule has 3 aromatic rings. The highest BCUT2D eigenvalue weighted by Gasteiger charge is 2.18. The maximum Gasteiger partial charge on any atom is 0.308 e. The van der Waals surface area contributed by atoms with E-state index >= 15 is 0 Å². The lowest BCUT2D eigenvalue weighted by atomic mass is 10.1. The van der Waals surface area contributed by atoms with Crippen molar-refractivity contribution >= 4 is 37.3 Å². The van der Waals surface area contributed by atoms with Crippen LogP contribution in [0.2, 0.25) is 0 Å². The molecule has 0 aliphatic heterocycles. The van der Waals surface area contributed by atoms with Gasteiger partial charge in [-0.15, -0.1) is 0 Å². The first kappa shape index (κ1) is 17.7. The average molecular weight is 377 g/mol. The minimum Gasteiger partial charge on any atom is -0.296 e. The van der Waals surface area contributed by atoms with Gasteiger partial charge in [-0.05, 0) is 63.1 Å². The van der Waals surface area contributed by atoms with Gasteiger partial charge in [-0.3, -0.25) is 14.1 Å². The summed E-state index contributed by atoms with van der Waals surface area (Å²) in [6, 6.07) is 10.5. The molecule has 25 heavy (non-hydrogen) atoms. The average Bonchev–Trinajstić information content (AvgIpc) is 2.85. The van der Waals surface area contributed by atoms with Crippen LogP contribution in [-0.4, -0.2) is 13.0 Å². The largest absolute Gasteiger partial charge is 0.308 e. The molecule has 132 valence electrons. The molecule has 0 saturated heterocycles. The number of anilines is 1. The predicted octanol–water partition coefficient (Wildman–Crippen LogP) is 4.06. The van der Waals surface area contributed by atoms with Crippen LogP contribution in [0.4, 0.5) is 5.69 Å². The minimum absolute atomic E-state index is 0.0248. The Labute approximate surface area is 151 Å². The Hall–Kier alpha value is -2.12. The number of aromatic nitrogens is 1. The molecule has 1 heterocycles. The summed E-state index contributed by atoms with van der Waals surface area (Å²) < 4.78 is 30.5. The lowest BCUT2D eigenvalue weighted by molar-refractivity contribution is 0.601. The third-order valence-corrected chi connectivity index (χ3v) is 6.33. The molecule has 5 nitrogen and oxygen atoms in total. The van der Waals surface area contributed by atoms with Crippen LogP contribution in [0.3, 0.4) is 0 Å². The summed E-state index contributed by atoms with van der Waals surface area (Å²) in [4.78, 5) is 12.2. The summed E-state index contributed by atoms with van der Waals surface area (Å²) in [6.07, 6.45) is 0. The molecule has 0 saturated carbocycles. The molecule has 0 unspecified atom stereocenters. The van der Waals surface area contributed by atoms with Gasteiger partial charge in [-0.1, -0.05) is 23.5 Å². The molecule has 0 fully saturated rings. The van der Waals surface area contributed by atoms with Gasteiger partial charge in [0.05, 0.1) is 20.8 Å². The zero-order chi connectivity index (χ0) is 18.4. The fourth-order valence-corrected chi connectivity index (χ4v) is 5.00. The molecular weight excluding hydrogens is 356 g/mol. The third-order valence-electron chi connectivity index (χ3n) is 4.05. The number of fused-ring (bicyclic) bond motifs is 1. The summed E-state index contributed by atoms with van der Waals surface area (Å²) in [5.41, 5.74) is 3.15. The monoisotopic (exact) mass is 376 g/mol. The van der Waals surface area contributed by atoms with Crippen LogP contribution < -0.4 is 9.60 Å². The summed E-state index contributed by atoms with van der Waals surface area (Å²) in [5, 5.41) is 0. The second-order valence-corrected chi connectivity index (χ2v) is 9.06. The van der Waals surface area contributed by atoms with E-state index in [1.165, 1.54) is 0 Å². The van der Waals surface area contributed by atoms with E-state index in [2.05, 4.69) is 4.72 Å². The quantitative estimate of drug-likeness (QED) is 0.746. The number of aryl methyl sites for hydroxylation is 2. The van der Waals surface area contributed by atoms with E-state index in [1.807, 2.05) is 39.8 Å². The first-order valence-corrected chi connectivity index (χ1v) is 10.2. The van der Waals surface area contributed by atoms with Gasteiger partial charge in [0.15, 0.2) is 0 Å². The Bertz CT molecular complexity index is 1110. The van der Waals surface area contributed by atoms with Crippen molar-refractivity contribution in [2.45, 2.75) is 38.6 Å². The molecule has 0 bridgehead atoms. The van der Waals surface area contributed by atoms with Crippen molar-refractivity contribution in [1.82, 2.24) is 4.57 Å². The second-order valence-electron chi connectivity index (χ2n) is 6.39. The summed E-state index contributed by atoms with van der Waals surface area (Å²) >= 11 is 1.06. The van der Waals surface area contributed by atoms with Crippen LogP contribution in [0.15, 0.2) is 46.1 Å². The van der Waals surface area contributed by atoms with Crippen LogP contribution in [0.5, 0.6) is 0 Å². The van der Waals surface area contributed by atoms with Crippen molar-refractivity contribution in [3.63, 3.8) is 0 Å². The van der Waals surface area contributed by atoms with Gasteiger partial charge < -0.3 is 0 Å². The van der Waals surface area contributed by atoms with E-state index in [-0.39, 0.29) is 15.8 Å². The van der Waals surface area contributed by atoms with Gasteiger partial charge in [0.1, 0.15) is 0 Å². The molecule has 0 spiro atoms. The zero-order valence-corrected chi connectivity index (χ0v) is 16.2. The van der Waals surface area contributed by atoms with Crippen molar-refractivity contribution in [1.29, 1.82) is 0 Å². The highest BCUT2D eigenvalue weighted by molar-refractivity contribution is 7.92. The van der Waals surface area contributed by atoms with E-state index in [0.29, 0.717) is 10.4 Å². The van der Waals surface area contributed by atoms with Crippen LogP contribution in [0.1, 0.15) is 31.0 Å². The third kappa shape index (κ3) is 3.34. The summed E-state index contributed by atoms with van der Waals surface area (Å²) in [6.45, 7) is 7.63. The van der Waals surface area contributed by atoms with Gasteiger partial charge in [0.25, 0.3) is 10.0 Å². The molecule has 7 heteroatoms. The van der Waals surface area contributed by atoms with Gasteiger partial charge in [-0.25, -0.2) is 8.42 Å². The summed E-state index contributed by atoms with van der Waals surface area (Å²) in [5.74, 6) is 0. The van der Waals surface area contributed by atoms with Crippen LogP contribution in [-0.2, 0) is 10.0 Å². The molecule has 1 aromatic heterocycles. The molecule has 1 N–H and O–H groups in total. The van der Waals surface area contributed by atoms with Crippen LogP contribution in [0, 0.1) is 13.8 Å². The number of hydrogen-bond acceptors (Lipinski definition) is 4. The van der Waals surface area contributed by atoms with E-state index in [0.717, 1.165) is 28.0 Å². The topological polar surface area (TPSA) is 68.2 Å². The predicted molar refractivity (Wildman–Crippen MR) is 103 cm³/mol. The first-order chi connectivity index (χ1) is 11.7. The van der Waals surface area contributed by atoms with Crippen molar-refractivity contribution in [3.8, 4) is 0 Å². The Morgan fingerprint density at radius 2 is 1.80 bits per heavy atom. The molecule has 0 atom stereocenters. The molecular formula is C18H20N2O3S2. The lowest BCUT2D eigenvalue weighted by Crippen LogP contribution is -2.15. The normalized spacial score (nSPS) is 12.0. The van der Waals surface area contributed by atoms with Gasteiger partial charge >= 0.3 is 4.87 Å². The molecule has 0 aliphatic rings. The molecule has 0 aliphatic carbocycles. The smallest absolute Gasteiger partial charge is 0.296 e. The van der Waals surface area contributed by atoms with E-state index in [1.54, 1.807) is 28.8 Å². The van der Waals surface area contributed by atoms with Crippen molar-refractivity contribution in [3.05, 3.63) is 57.2 Å². The SMILES string of the molecule is Cc1ccc(C)c(NS(=O)(=O)c2ccc3c(c2)sc(=O)n3C(C)C)c1. The second kappa shape index (κ2) is 6.31. The first-order valence-electron chi connectivity index (χ1n) is 7.94. The van der Waals surface area contributed by atoms with Crippen molar-refractivity contribution in [2.75, 3.05) is 4.72 Å². The Morgan fingerprint density at radius 3 is 2.48 bits per heavy atom. The van der Waals surface area contributed by atoms with E-state index < -0.39 is 10.0 Å². The Balaban J connectivity index is 2.06. The Morgan fingerprint density at radius 1 is 1.08 bits per heavy atom. The number of nitrogens with zero attached hydrogens (tertiary/aromatic N) is 1. The maximum absolute atomic E-state index is 12.7. The van der Waals surface area contributed by atoms with Gasteiger partial charge in [0, 0.05) is 6.04 Å². The zero-order valence-electron chi connectivity index (χ0n) is 14.5. The number of rotatable bonds is 4. The lowest BCUT2D eigenvalue weighted by Gasteiger charge is -2.12. The Kier molecular flexibility index (Phi) is 4.47. The number of benzene rings is 2. The molecule has 2 aromatic carbocycles. The number of nitrogens with one attached hydrogen (secondary N) is 1. The summed E-state index contributed by atoms with van der Waals surface area (Å²) in [7, 11) is -3.72. The number of thiazole rings is 1. The molecule has 0 radical (unpaired) electrons. The van der Waals surface area contributed by atoms with E-state index in [9.17, 15) is 13.2 Å². The van der Waals surface area contributed by atoms with Crippen LogP contribution >= 0.6 is 11.3 Å². The highest BCUT2D eigenvalue weighted by Crippen LogP contribution is 2.26. The van der Waals surface area contributed by atoms with Crippen molar-refractivity contribution < 1.29 is 8.42 Å². The standard InChI is InChI=1S/C18H20N2O3S2/c1-11(2)20-16-8-7-14(10-17(16)24-18(20)21)25(22,23)19-15-9-12(3)5-6-13(15)4/h5-11,19H,1-4H3. The van der Waals surface area contributed by atoms with Gasteiger partial charge in [-0.2, -0.15) is 0 Å². The fourth-order valence-electron chi connectivity index (χ4n) is 2.72. The fraction of sp³-hybridized carbons (Fsp3) is 0.278. The number of hydrogen-bond donors (Lipinski definition) is 1. The maximum atomic E-state index is 12.7. The van der Waals surface area contributed by atoms with Crippen molar-refractivity contribution in [2.24, 2.45) is 0 Å². The molecule has 3 rings (SSSR count).